The summed E-state index contributed by atoms with van der Waals surface area (Å²) in [6.45, 7) is 4.96. The predicted molar refractivity (Wildman–Crippen MR) is 365 cm³/mol. The minimum absolute atomic E-state index is 0.0788. The summed E-state index contributed by atoms with van der Waals surface area (Å²) in [5, 5.41) is 14.1. The van der Waals surface area contributed by atoms with E-state index in [-0.39, 0.29) is 19.1 Å². The Balaban J connectivity index is 3.84. The van der Waals surface area contributed by atoms with E-state index in [4.69, 9.17) is 9.05 Å². The first-order valence-electron chi connectivity index (χ1n) is 37.6. The van der Waals surface area contributed by atoms with Gasteiger partial charge in [0.1, 0.15) is 13.2 Å². The molecule has 496 valence electrons. The van der Waals surface area contributed by atoms with E-state index in [1.165, 1.54) is 340 Å². The van der Waals surface area contributed by atoms with Crippen LogP contribution >= 0.6 is 7.82 Å². The minimum Gasteiger partial charge on any atom is -0.391 e. The van der Waals surface area contributed by atoms with Crippen molar-refractivity contribution in [2.75, 3.05) is 40.9 Å². The summed E-state index contributed by atoms with van der Waals surface area (Å²) in [5.74, 6) is -0.134. The van der Waals surface area contributed by atoms with Crippen molar-refractivity contribution in [3.63, 3.8) is 0 Å². The maximum Gasteiger partial charge on any atom is 0.472 e. The van der Waals surface area contributed by atoms with E-state index in [9.17, 15) is 19.4 Å². The highest BCUT2D eigenvalue weighted by Crippen LogP contribution is 2.43. The molecular formula is C74H150N2O6P+. The first-order chi connectivity index (χ1) is 40.5. The number of amides is 1. The molecule has 0 saturated carbocycles. The molecule has 0 saturated heterocycles. The van der Waals surface area contributed by atoms with Gasteiger partial charge >= 0.3 is 7.82 Å². The molecule has 0 aliphatic rings. The Hall–Kier alpha value is -0.760. The van der Waals surface area contributed by atoms with Gasteiger partial charge in [-0.1, -0.05) is 373 Å². The number of carbonyl (C=O) groups is 1. The number of phosphoric ester groups is 1. The largest absolute Gasteiger partial charge is 0.472 e. The summed E-state index contributed by atoms with van der Waals surface area (Å²) in [6.07, 6.45) is 84.9. The topological polar surface area (TPSA) is 105 Å². The lowest BCUT2D eigenvalue weighted by Gasteiger charge is -2.26. The van der Waals surface area contributed by atoms with Gasteiger partial charge in [0.25, 0.3) is 0 Å². The molecule has 0 rings (SSSR count). The van der Waals surface area contributed by atoms with Gasteiger partial charge in [0.05, 0.1) is 39.9 Å². The second kappa shape index (κ2) is 65.7. The standard InChI is InChI=1S/C74H149N2O6P/c1-6-8-10-12-14-16-18-20-22-24-26-28-29-30-31-32-33-34-35-36-37-38-39-40-41-42-43-44-45-46-47-48-50-52-54-56-58-60-62-64-66-68-74(78)75-72(71-82-83(79,80)81-70-69-76(3,4)5)73(77)67-65-63-61-59-57-55-53-51-49-27-25-23-21-19-17-15-13-11-9-7-2/h24,26,72-73,77H,6-23,25,27-71H2,1-5H3,(H-,75,78,79,80)/p+1/b26-24-. The minimum atomic E-state index is -4.33. The number of quaternary nitrogens is 1. The number of allylic oxidation sites excluding steroid dienone is 2. The van der Waals surface area contributed by atoms with Crippen LogP contribution in [0.1, 0.15) is 406 Å². The Bertz CT molecular complexity index is 1360. The number of hydrogen-bond donors (Lipinski definition) is 3. The normalized spacial score (nSPS) is 13.6. The Labute approximate surface area is 520 Å². The predicted octanol–water partition coefficient (Wildman–Crippen LogP) is 24.1. The molecule has 0 radical (unpaired) electrons. The zero-order chi connectivity index (χ0) is 60.5. The number of aliphatic hydroxyl groups excluding tert-OH is 1. The van der Waals surface area contributed by atoms with Gasteiger partial charge < -0.3 is 19.8 Å². The van der Waals surface area contributed by atoms with Crippen LogP contribution in [-0.2, 0) is 18.4 Å². The second-order valence-electron chi connectivity index (χ2n) is 27.4. The van der Waals surface area contributed by atoms with E-state index in [0.29, 0.717) is 23.9 Å². The number of nitrogens with zero attached hydrogens (tertiary/aromatic N) is 1. The van der Waals surface area contributed by atoms with Crippen LogP contribution in [0.5, 0.6) is 0 Å². The van der Waals surface area contributed by atoms with Crippen LogP contribution in [0.15, 0.2) is 12.2 Å². The molecule has 3 unspecified atom stereocenters. The Morgan fingerprint density at radius 3 is 0.928 bits per heavy atom. The molecule has 1 amide bonds. The maximum atomic E-state index is 13.1. The van der Waals surface area contributed by atoms with Gasteiger partial charge in [-0.05, 0) is 38.5 Å². The van der Waals surface area contributed by atoms with Gasteiger partial charge in [-0.3, -0.25) is 13.8 Å². The molecule has 0 spiro atoms. The van der Waals surface area contributed by atoms with Crippen molar-refractivity contribution in [1.82, 2.24) is 5.32 Å². The molecule has 0 aromatic rings. The third-order valence-electron chi connectivity index (χ3n) is 17.8. The van der Waals surface area contributed by atoms with Crippen LogP contribution in [0.2, 0.25) is 0 Å². The van der Waals surface area contributed by atoms with Crippen molar-refractivity contribution in [2.24, 2.45) is 0 Å². The van der Waals surface area contributed by atoms with E-state index in [1.54, 1.807) is 0 Å². The Kier molecular flexibility index (Phi) is 65.1. The first-order valence-corrected chi connectivity index (χ1v) is 39.0. The highest BCUT2D eigenvalue weighted by atomic mass is 31.2. The van der Waals surface area contributed by atoms with Crippen LogP contribution in [0, 0.1) is 0 Å². The number of carbonyl (C=O) groups excluding carboxylic acids is 1. The zero-order valence-corrected chi connectivity index (χ0v) is 57.9. The summed E-state index contributed by atoms with van der Waals surface area (Å²) in [5.41, 5.74) is 0. The highest BCUT2D eigenvalue weighted by Gasteiger charge is 2.28. The quantitative estimate of drug-likeness (QED) is 0.0243. The summed E-state index contributed by atoms with van der Waals surface area (Å²) < 4.78 is 23.9. The number of nitrogens with one attached hydrogen (secondary N) is 1. The zero-order valence-electron chi connectivity index (χ0n) is 57.0. The highest BCUT2D eigenvalue weighted by molar-refractivity contribution is 7.47. The maximum absolute atomic E-state index is 13.1. The van der Waals surface area contributed by atoms with Crippen LogP contribution in [0.3, 0.4) is 0 Å². The van der Waals surface area contributed by atoms with Crippen molar-refractivity contribution < 1.29 is 32.9 Å². The van der Waals surface area contributed by atoms with Crippen molar-refractivity contribution in [3.05, 3.63) is 12.2 Å². The average Bonchev–Trinajstić information content (AvgIpc) is 3.49. The van der Waals surface area contributed by atoms with Gasteiger partial charge in [-0.25, -0.2) is 4.57 Å². The third-order valence-corrected chi connectivity index (χ3v) is 18.7. The van der Waals surface area contributed by atoms with Crippen molar-refractivity contribution in [2.45, 2.75) is 418 Å². The van der Waals surface area contributed by atoms with Crippen LogP contribution in [0.25, 0.3) is 0 Å². The van der Waals surface area contributed by atoms with Gasteiger partial charge in [0, 0.05) is 6.42 Å². The van der Waals surface area contributed by atoms with Gasteiger partial charge in [0.15, 0.2) is 0 Å². The lowest BCUT2D eigenvalue weighted by Crippen LogP contribution is -2.46. The van der Waals surface area contributed by atoms with Crippen molar-refractivity contribution in [3.8, 4) is 0 Å². The summed E-state index contributed by atoms with van der Waals surface area (Å²) >= 11 is 0. The van der Waals surface area contributed by atoms with Gasteiger partial charge in [-0.15, -0.1) is 0 Å². The number of phosphoric acid groups is 1. The van der Waals surface area contributed by atoms with Crippen molar-refractivity contribution >= 4 is 13.7 Å². The fourth-order valence-electron chi connectivity index (χ4n) is 11.9. The van der Waals surface area contributed by atoms with E-state index in [2.05, 4.69) is 31.3 Å². The molecule has 8 nitrogen and oxygen atoms in total. The Morgan fingerprint density at radius 1 is 0.398 bits per heavy atom. The fraction of sp³-hybridized carbons (Fsp3) is 0.959. The van der Waals surface area contributed by atoms with E-state index in [1.807, 2.05) is 21.1 Å². The monoisotopic (exact) mass is 1190 g/mol. The molecule has 9 heteroatoms. The van der Waals surface area contributed by atoms with Crippen molar-refractivity contribution in [1.29, 1.82) is 0 Å². The molecule has 0 aromatic carbocycles. The number of likely N-dealkylation sites (N-methyl/N-ethyl adjacent to an activating group) is 1. The SMILES string of the molecule is CCCCCCCCCC/C=C\CCCCCCCCCCCCCCCCCCCCCCCCCCCCCCCC(=O)NC(COP(=O)(O)OCC[N+](C)(C)C)C(O)CCCCCCCCCCCCCCCCCCCCCC. The summed E-state index contributed by atoms with van der Waals surface area (Å²) in [4.78, 5) is 23.5. The fourth-order valence-corrected chi connectivity index (χ4v) is 12.7. The molecule has 0 fully saturated rings. The van der Waals surface area contributed by atoms with Crippen LogP contribution in [0.4, 0.5) is 0 Å². The molecular weight excluding hydrogens is 1040 g/mol. The molecule has 0 aromatic heterocycles. The average molecular weight is 1190 g/mol. The molecule has 3 N–H and O–H groups in total. The molecule has 0 bridgehead atoms. The molecule has 0 aliphatic carbocycles. The molecule has 0 heterocycles. The first kappa shape index (κ1) is 82.2. The lowest BCUT2D eigenvalue weighted by atomic mass is 10.0. The lowest BCUT2D eigenvalue weighted by molar-refractivity contribution is -0.870. The smallest absolute Gasteiger partial charge is 0.391 e. The number of rotatable bonds is 71. The molecule has 0 aliphatic heterocycles. The van der Waals surface area contributed by atoms with Gasteiger partial charge in [-0.2, -0.15) is 0 Å². The van der Waals surface area contributed by atoms with E-state index >= 15 is 0 Å². The Morgan fingerprint density at radius 2 is 0.651 bits per heavy atom. The van der Waals surface area contributed by atoms with E-state index in [0.717, 1.165) is 38.5 Å². The number of aliphatic hydroxyl groups is 1. The molecule has 3 atom stereocenters. The summed E-state index contributed by atoms with van der Waals surface area (Å²) in [7, 11) is 1.64. The number of hydrogen-bond acceptors (Lipinski definition) is 5. The number of unbranched alkanes of at least 4 members (excludes halogenated alkanes) is 56. The van der Waals surface area contributed by atoms with E-state index < -0.39 is 20.0 Å². The second-order valence-corrected chi connectivity index (χ2v) is 28.8. The third kappa shape index (κ3) is 68.6. The van der Waals surface area contributed by atoms with Crippen LogP contribution in [-0.4, -0.2) is 73.4 Å². The summed E-state index contributed by atoms with van der Waals surface area (Å²) in [6, 6.07) is -0.757. The van der Waals surface area contributed by atoms with Crippen LogP contribution < -0.4 is 5.32 Å². The molecule has 83 heavy (non-hydrogen) atoms. The van der Waals surface area contributed by atoms with Gasteiger partial charge in [0.2, 0.25) is 5.91 Å².